The average Bonchev–Trinajstić information content (AvgIpc) is 1.67. The molecule has 0 aliphatic carbocycles. The van der Waals surface area contributed by atoms with Crippen LogP contribution in [0.1, 0.15) is 13.3 Å². The molecule has 3 nitrogen and oxygen atoms in total. The predicted molar refractivity (Wildman–Crippen MR) is 33.3 cm³/mol. The zero-order valence-electron chi connectivity index (χ0n) is 5.17. The van der Waals surface area contributed by atoms with Crippen molar-refractivity contribution in [2.75, 3.05) is 6.61 Å². The largest absolute Gasteiger partial charge is 0.396 e. The van der Waals surface area contributed by atoms with E-state index in [1.165, 1.54) is 0 Å². The van der Waals surface area contributed by atoms with Gasteiger partial charge in [-0.1, -0.05) is 0 Å². The van der Waals surface area contributed by atoms with Crippen molar-refractivity contribution in [2.45, 2.75) is 25.4 Å². The van der Waals surface area contributed by atoms with Crippen LogP contribution in [0.5, 0.6) is 0 Å². The Morgan fingerprint density at radius 3 is 2.12 bits per heavy atom. The highest BCUT2D eigenvalue weighted by molar-refractivity contribution is 4.69. The molecule has 0 saturated carbocycles. The zero-order valence-corrected chi connectivity index (χ0v) is 5.17. The van der Waals surface area contributed by atoms with Crippen LogP contribution in [0.2, 0.25) is 0 Å². The van der Waals surface area contributed by atoms with Gasteiger partial charge < -0.3 is 16.6 Å². The highest BCUT2D eigenvalue weighted by Gasteiger charge is 2.04. The smallest absolute Gasteiger partial charge is 0.0446 e. The molecule has 0 aromatic rings. The van der Waals surface area contributed by atoms with E-state index in [1.54, 1.807) is 0 Å². The molecule has 3 heteroatoms. The standard InChI is InChI=1S/C5H14N2O/c1-4(6)5(7)2-3-8/h4-5,8H,2-3,6-7H2,1H3. The molecule has 8 heavy (non-hydrogen) atoms. The lowest BCUT2D eigenvalue weighted by atomic mass is 10.1. The minimum Gasteiger partial charge on any atom is -0.396 e. The Morgan fingerprint density at radius 2 is 2.00 bits per heavy atom. The molecule has 0 bridgehead atoms. The Bertz CT molecular complexity index is 56.4. The van der Waals surface area contributed by atoms with Gasteiger partial charge in [-0.15, -0.1) is 0 Å². The van der Waals surface area contributed by atoms with Crippen molar-refractivity contribution in [3.05, 3.63) is 0 Å². The van der Waals surface area contributed by atoms with Gasteiger partial charge in [-0.2, -0.15) is 0 Å². The molecule has 2 atom stereocenters. The summed E-state index contributed by atoms with van der Waals surface area (Å²) < 4.78 is 0. The van der Waals surface area contributed by atoms with Crippen LogP contribution in [0, 0.1) is 0 Å². The van der Waals surface area contributed by atoms with E-state index in [-0.39, 0.29) is 18.7 Å². The maximum atomic E-state index is 8.35. The van der Waals surface area contributed by atoms with Crippen LogP contribution in [-0.4, -0.2) is 23.8 Å². The van der Waals surface area contributed by atoms with Gasteiger partial charge in [0.15, 0.2) is 0 Å². The van der Waals surface area contributed by atoms with E-state index in [4.69, 9.17) is 16.6 Å². The first-order valence-electron chi connectivity index (χ1n) is 2.80. The molecule has 0 rings (SSSR count). The van der Waals surface area contributed by atoms with Crippen molar-refractivity contribution in [1.82, 2.24) is 0 Å². The maximum Gasteiger partial charge on any atom is 0.0446 e. The lowest BCUT2D eigenvalue weighted by molar-refractivity contribution is 0.269. The van der Waals surface area contributed by atoms with Crippen LogP contribution in [-0.2, 0) is 0 Å². The summed E-state index contributed by atoms with van der Waals surface area (Å²) in [5.74, 6) is 0. The predicted octanol–water partition coefficient (Wildman–Crippen LogP) is -0.957. The van der Waals surface area contributed by atoms with Crippen molar-refractivity contribution in [3.8, 4) is 0 Å². The van der Waals surface area contributed by atoms with Crippen molar-refractivity contribution in [2.24, 2.45) is 11.5 Å². The Balaban J connectivity index is 3.17. The lowest BCUT2D eigenvalue weighted by Crippen LogP contribution is -2.39. The van der Waals surface area contributed by atoms with E-state index in [0.29, 0.717) is 6.42 Å². The van der Waals surface area contributed by atoms with Gasteiger partial charge in [0.25, 0.3) is 0 Å². The van der Waals surface area contributed by atoms with E-state index in [1.807, 2.05) is 6.92 Å². The van der Waals surface area contributed by atoms with E-state index in [0.717, 1.165) is 0 Å². The summed E-state index contributed by atoms with van der Waals surface area (Å²) in [6.07, 6.45) is 0.595. The fraction of sp³-hybridized carbons (Fsp3) is 1.00. The third-order valence-electron chi connectivity index (χ3n) is 1.14. The van der Waals surface area contributed by atoms with Crippen LogP contribution >= 0.6 is 0 Å². The summed E-state index contributed by atoms with van der Waals surface area (Å²) in [7, 11) is 0. The highest BCUT2D eigenvalue weighted by Crippen LogP contribution is 1.89. The summed E-state index contributed by atoms with van der Waals surface area (Å²) in [6, 6.07) is -0.0675. The summed E-state index contributed by atoms with van der Waals surface area (Å²) >= 11 is 0. The van der Waals surface area contributed by atoms with E-state index in [9.17, 15) is 0 Å². The monoisotopic (exact) mass is 118 g/mol. The summed E-state index contributed by atoms with van der Waals surface area (Å²) in [6.45, 7) is 1.96. The van der Waals surface area contributed by atoms with Crippen molar-refractivity contribution >= 4 is 0 Å². The van der Waals surface area contributed by atoms with E-state index in [2.05, 4.69) is 0 Å². The number of aliphatic hydroxyl groups is 1. The third kappa shape index (κ3) is 2.96. The molecule has 50 valence electrons. The van der Waals surface area contributed by atoms with Crippen LogP contribution in [0.15, 0.2) is 0 Å². The van der Waals surface area contributed by atoms with Gasteiger partial charge in [0.2, 0.25) is 0 Å². The molecular weight excluding hydrogens is 104 g/mol. The molecule has 2 unspecified atom stereocenters. The highest BCUT2D eigenvalue weighted by atomic mass is 16.3. The number of nitrogens with two attached hydrogens (primary N) is 2. The molecule has 0 amide bonds. The normalized spacial score (nSPS) is 18.0. The maximum absolute atomic E-state index is 8.35. The molecule has 5 N–H and O–H groups in total. The first kappa shape index (κ1) is 7.88. The van der Waals surface area contributed by atoms with Crippen LogP contribution in [0.25, 0.3) is 0 Å². The second kappa shape index (κ2) is 3.83. The van der Waals surface area contributed by atoms with Gasteiger partial charge in [-0.3, -0.25) is 0 Å². The van der Waals surface area contributed by atoms with Gasteiger partial charge in [0.05, 0.1) is 0 Å². The first-order chi connectivity index (χ1) is 3.68. The van der Waals surface area contributed by atoms with Gasteiger partial charge in [-0.05, 0) is 13.3 Å². The SMILES string of the molecule is CC(N)C(N)CCO. The van der Waals surface area contributed by atoms with E-state index < -0.39 is 0 Å². The lowest BCUT2D eigenvalue weighted by Gasteiger charge is -2.12. The zero-order chi connectivity index (χ0) is 6.57. The Kier molecular flexibility index (Phi) is 3.77. The summed E-state index contributed by atoms with van der Waals surface area (Å²) in [5, 5.41) is 8.35. The molecule has 0 saturated heterocycles. The van der Waals surface area contributed by atoms with Crippen molar-refractivity contribution < 1.29 is 5.11 Å². The van der Waals surface area contributed by atoms with Gasteiger partial charge >= 0.3 is 0 Å². The van der Waals surface area contributed by atoms with Gasteiger partial charge in [-0.25, -0.2) is 0 Å². The number of aliphatic hydroxyl groups excluding tert-OH is 1. The molecule has 0 aliphatic heterocycles. The van der Waals surface area contributed by atoms with Crippen LogP contribution in [0.4, 0.5) is 0 Å². The fourth-order valence-electron chi connectivity index (χ4n) is 0.412. The molecular formula is C5H14N2O. The number of hydrogen-bond donors (Lipinski definition) is 3. The quantitative estimate of drug-likeness (QED) is 0.447. The molecule has 0 radical (unpaired) electrons. The first-order valence-corrected chi connectivity index (χ1v) is 2.80. The summed E-state index contributed by atoms with van der Waals surface area (Å²) in [5.41, 5.74) is 10.8. The Hall–Kier alpha value is -0.120. The molecule has 0 fully saturated rings. The Labute approximate surface area is 49.7 Å². The fourth-order valence-corrected chi connectivity index (χ4v) is 0.412. The molecule has 0 heterocycles. The van der Waals surface area contributed by atoms with E-state index >= 15 is 0 Å². The van der Waals surface area contributed by atoms with Crippen molar-refractivity contribution in [3.63, 3.8) is 0 Å². The molecule has 0 aliphatic rings. The minimum atomic E-state index is -0.0556. The Morgan fingerprint density at radius 1 is 1.50 bits per heavy atom. The second-order valence-electron chi connectivity index (χ2n) is 2.04. The number of rotatable bonds is 3. The molecule has 0 aromatic heterocycles. The topological polar surface area (TPSA) is 72.3 Å². The van der Waals surface area contributed by atoms with Crippen LogP contribution < -0.4 is 11.5 Å². The van der Waals surface area contributed by atoms with Crippen LogP contribution in [0.3, 0.4) is 0 Å². The molecule has 0 aromatic carbocycles. The average molecular weight is 118 g/mol. The van der Waals surface area contributed by atoms with Gasteiger partial charge in [0.1, 0.15) is 0 Å². The van der Waals surface area contributed by atoms with Crippen molar-refractivity contribution in [1.29, 1.82) is 0 Å². The summed E-state index contributed by atoms with van der Waals surface area (Å²) in [4.78, 5) is 0. The van der Waals surface area contributed by atoms with Gasteiger partial charge in [0, 0.05) is 18.7 Å². The number of hydrogen-bond acceptors (Lipinski definition) is 3. The second-order valence-corrected chi connectivity index (χ2v) is 2.04. The minimum absolute atomic E-state index is 0.0119. The molecule has 0 spiro atoms. The third-order valence-corrected chi connectivity index (χ3v) is 1.14.